The monoisotopic (exact) mass is 519 g/mol. The number of nitrogen functional groups attached to an aromatic ring is 1. The number of esters is 1. The summed E-state index contributed by atoms with van der Waals surface area (Å²) in [5, 5.41) is 0.157. The fraction of sp³-hybridized carbons (Fsp3) is 0.619. The predicted molar refractivity (Wildman–Crippen MR) is 122 cm³/mol. The summed E-state index contributed by atoms with van der Waals surface area (Å²) in [5.41, 5.74) is 6.40. The Morgan fingerprint density at radius 3 is 2.91 bits per heavy atom. The van der Waals surface area contributed by atoms with Gasteiger partial charge in [0.1, 0.15) is 22.7 Å². The first kappa shape index (κ1) is 25.3. The lowest BCUT2D eigenvalue weighted by Crippen LogP contribution is -2.44. The van der Waals surface area contributed by atoms with Crippen LogP contribution in [-0.2, 0) is 32.4 Å². The Labute approximate surface area is 201 Å². The first-order valence-corrected chi connectivity index (χ1v) is 12.8. The summed E-state index contributed by atoms with van der Waals surface area (Å²) in [6.45, 7) is 6.69. The molecule has 0 unspecified atom stereocenters. The van der Waals surface area contributed by atoms with Crippen molar-refractivity contribution in [3.8, 4) is 0 Å². The number of anilines is 1. The second-order valence-electron chi connectivity index (χ2n) is 8.94. The van der Waals surface area contributed by atoms with E-state index in [1.165, 1.54) is 23.0 Å². The molecule has 0 spiro atoms. The van der Waals surface area contributed by atoms with Crippen LogP contribution in [0.15, 0.2) is 18.5 Å². The van der Waals surface area contributed by atoms with Gasteiger partial charge in [-0.25, -0.2) is 13.9 Å². The van der Waals surface area contributed by atoms with Gasteiger partial charge in [-0.05, 0) is 33.3 Å². The molecule has 188 valence electrons. The number of phosphoric ester groups is 1. The molecule has 2 fully saturated rings. The largest absolute Gasteiger partial charge is 0.475 e. The number of pyridine rings is 1. The Balaban J connectivity index is 1.46. The summed E-state index contributed by atoms with van der Waals surface area (Å²) in [7, 11) is -3.98. The molecule has 2 aromatic heterocycles. The number of phosphoric acid groups is 1. The van der Waals surface area contributed by atoms with Crippen molar-refractivity contribution in [2.45, 2.75) is 63.5 Å². The van der Waals surface area contributed by atoms with E-state index >= 15 is 0 Å². The minimum absolute atomic E-state index is 0.0526. The van der Waals surface area contributed by atoms with Gasteiger partial charge in [-0.1, -0.05) is 6.92 Å². The lowest BCUT2D eigenvalue weighted by molar-refractivity contribution is -0.152. The lowest BCUT2D eigenvalue weighted by Gasteiger charge is -2.34. The third-order valence-electron chi connectivity index (χ3n) is 5.83. The van der Waals surface area contributed by atoms with Crippen LogP contribution in [0.25, 0.3) is 11.0 Å². The average Bonchev–Trinajstić information content (AvgIpc) is 3.21. The molecule has 0 saturated carbocycles. The number of rotatable bonds is 7. The zero-order chi connectivity index (χ0) is 24.8. The van der Waals surface area contributed by atoms with Crippen LogP contribution in [-0.4, -0.2) is 51.9 Å². The van der Waals surface area contributed by atoms with E-state index in [9.17, 15) is 13.8 Å². The number of nitrogens with zero attached hydrogens (tertiary/aromatic N) is 2. The van der Waals surface area contributed by atoms with E-state index in [1.54, 1.807) is 27.7 Å². The van der Waals surface area contributed by atoms with Crippen molar-refractivity contribution in [2.75, 3.05) is 18.9 Å². The molecule has 10 nitrogen and oxygen atoms in total. The summed E-state index contributed by atoms with van der Waals surface area (Å²) in [5.74, 6) is -1.40. The molecule has 4 rings (SSSR count). The van der Waals surface area contributed by atoms with Crippen molar-refractivity contribution in [1.29, 1.82) is 0 Å². The Kier molecular flexibility index (Phi) is 6.98. The van der Waals surface area contributed by atoms with Gasteiger partial charge in [0, 0.05) is 18.1 Å². The number of hydrogen-bond acceptors (Lipinski definition) is 9. The number of carbonyl (C=O) groups is 1. The number of ether oxygens (including phenoxy) is 2. The van der Waals surface area contributed by atoms with Crippen LogP contribution < -0.4 is 5.73 Å². The SMILES string of the molecule is CC(C)OC(=O)[C@@H](C)CCO[P@@]1(=O)OC[C@H]2O[C@@H](n3cc(F)c4c(N)ccnc43)[C@](C)(Cl)[C@@H]2O1. The summed E-state index contributed by atoms with van der Waals surface area (Å²) >= 11 is 6.85. The van der Waals surface area contributed by atoms with Gasteiger partial charge in [-0.2, -0.15) is 0 Å². The zero-order valence-electron chi connectivity index (χ0n) is 19.3. The zero-order valence-corrected chi connectivity index (χ0v) is 20.9. The van der Waals surface area contributed by atoms with Gasteiger partial charge in [0.2, 0.25) is 0 Å². The molecule has 0 radical (unpaired) electrons. The van der Waals surface area contributed by atoms with Crippen molar-refractivity contribution >= 4 is 42.1 Å². The van der Waals surface area contributed by atoms with Crippen LogP contribution in [0.3, 0.4) is 0 Å². The Bertz CT molecular complexity index is 1130. The van der Waals surface area contributed by atoms with Crippen LogP contribution in [0, 0.1) is 11.7 Å². The van der Waals surface area contributed by atoms with E-state index in [-0.39, 0.29) is 48.4 Å². The standard InChI is InChI=1S/C21H28ClFN3O7P/c1-11(2)31-19(27)12(3)6-8-29-34(28)30-10-15-17(33-34)21(4,22)20(32-15)26-9-13(23)16-14(24)5-7-25-18(16)26/h5,7,9,11-12,15,17,20H,6,8,10H2,1-4H3,(H2,24,25)/t12-,15+,17+,20+,21+,34-/m0/s1. The molecule has 0 amide bonds. The van der Waals surface area contributed by atoms with E-state index in [1.807, 2.05) is 0 Å². The highest BCUT2D eigenvalue weighted by Crippen LogP contribution is 2.60. The smallest absolute Gasteiger partial charge is 0.463 e. The van der Waals surface area contributed by atoms with Crippen molar-refractivity contribution in [2.24, 2.45) is 5.92 Å². The second-order valence-corrected chi connectivity index (χ2v) is 11.4. The third kappa shape index (κ3) is 4.69. The summed E-state index contributed by atoms with van der Waals surface area (Å²) in [4.78, 5) is 14.9. The molecule has 2 saturated heterocycles. The predicted octanol–water partition coefficient (Wildman–Crippen LogP) is 4.17. The van der Waals surface area contributed by atoms with Crippen LogP contribution in [0.1, 0.15) is 40.3 Å². The maximum Gasteiger partial charge on any atom is 0.475 e. The molecule has 0 bridgehead atoms. The Morgan fingerprint density at radius 1 is 1.47 bits per heavy atom. The van der Waals surface area contributed by atoms with Gasteiger partial charge in [0.05, 0.1) is 30.6 Å². The fourth-order valence-electron chi connectivity index (χ4n) is 4.05. The minimum atomic E-state index is -3.98. The van der Waals surface area contributed by atoms with E-state index in [2.05, 4.69) is 4.98 Å². The van der Waals surface area contributed by atoms with Crippen LogP contribution in [0.4, 0.5) is 10.1 Å². The normalized spacial score (nSPS) is 32.1. The molecular formula is C21H28ClFN3O7P. The highest BCUT2D eigenvalue weighted by molar-refractivity contribution is 7.48. The quantitative estimate of drug-likeness (QED) is 0.326. The van der Waals surface area contributed by atoms with Gasteiger partial charge < -0.3 is 19.8 Å². The Morgan fingerprint density at radius 2 is 2.21 bits per heavy atom. The van der Waals surface area contributed by atoms with Crippen molar-refractivity contribution < 1.29 is 36.8 Å². The lowest BCUT2D eigenvalue weighted by atomic mass is 10.0. The first-order chi connectivity index (χ1) is 15.9. The molecule has 2 aliphatic rings. The summed E-state index contributed by atoms with van der Waals surface area (Å²) in [6.07, 6.45) is 0.224. The molecule has 6 atom stereocenters. The van der Waals surface area contributed by atoms with Gasteiger partial charge in [0.25, 0.3) is 0 Å². The van der Waals surface area contributed by atoms with Gasteiger partial charge >= 0.3 is 13.8 Å². The average molecular weight is 520 g/mol. The molecule has 34 heavy (non-hydrogen) atoms. The molecule has 2 N–H and O–H groups in total. The molecule has 2 aromatic rings. The van der Waals surface area contributed by atoms with Gasteiger partial charge in [-0.15, -0.1) is 11.6 Å². The fourth-order valence-corrected chi connectivity index (χ4v) is 5.94. The first-order valence-electron chi connectivity index (χ1n) is 11.0. The molecule has 0 aromatic carbocycles. The third-order valence-corrected chi connectivity index (χ3v) is 7.68. The molecule has 0 aliphatic carbocycles. The highest BCUT2D eigenvalue weighted by atomic mass is 35.5. The number of fused-ring (bicyclic) bond motifs is 2. The molecular weight excluding hydrogens is 492 g/mol. The molecule has 13 heteroatoms. The number of halogens is 2. The Hall–Kier alpha value is -1.75. The number of aromatic nitrogens is 2. The number of carbonyl (C=O) groups excluding carboxylic acids is 1. The van der Waals surface area contributed by atoms with Crippen molar-refractivity contribution in [3.63, 3.8) is 0 Å². The highest BCUT2D eigenvalue weighted by Gasteiger charge is 2.60. The van der Waals surface area contributed by atoms with E-state index < -0.39 is 42.9 Å². The summed E-state index contributed by atoms with van der Waals surface area (Å²) in [6, 6.07) is 1.50. The van der Waals surface area contributed by atoms with Crippen LogP contribution >= 0.6 is 19.4 Å². The molecule has 4 heterocycles. The molecule has 2 aliphatic heterocycles. The van der Waals surface area contributed by atoms with Gasteiger partial charge in [-0.3, -0.25) is 18.4 Å². The minimum Gasteiger partial charge on any atom is -0.463 e. The number of nitrogens with two attached hydrogens (primary N) is 1. The van der Waals surface area contributed by atoms with Crippen LogP contribution in [0.5, 0.6) is 0 Å². The summed E-state index contributed by atoms with van der Waals surface area (Å²) < 4.78 is 56.8. The van der Waals surface area contributed by atoms with Crippen molar-refractivity contribution in [3.05, 3.63) is 24.3 Å². The number of hydrogen-bond donors (Lipinski definition) is 1. The van der Waals surface area contributed by atoms with Gasteiger partial charge in [0.15, 0.2) is 12.0 Å². The van der Waals surface area contributed by atoms with E-state index in [0.29, 0.717) is 0 Å². The van der Waals surface area contributed by atoms with Crippen molar-refractivity contribution in [1.82, 2.24) is 9.55 Å². The van der Waals surface area contributed by atoms with E-state index in [4.69, 9.17) is 40.4 Å². The van der Waals surface area contributed by atoms with E-state index in [0.717, 1.165) is 0 Å². The second kappa shape index (κ2) is 9.37. The maximum absolute atomic E-state index is 14.6. The maximum atomic E-state index is 14.6. The van der Waals surface area contributed by atoms with Crippen LogP contribution in [0.2, 0.25) is 0 Å². The topological polar surface area (TPSA) is 124 Å². The number of alkyl halides is 1.